The molecule has 112 valence electrons. The van der Waals surface area contributed by atoms with Crippen molar-refractivity contribution in [1.29, 1.82) is 0 Å². The van der Waals surface area contributed by atoms with Crippen LogP contribution in [0.5, 0.6) is 0 Å². The summed E-state index contributed by atoms with van der Waals surface area (Å²) in [4.78, 5) is 0. The normalized spacial score (nSPS) is 19.7. The third-order valence-electron chi connectivity index (χ3n) is 5.82. The van der Waals surface area contributed by atoms with Gasteiger partial charge < -0.3 is 5.73 Å². The second-order valence-corrected chi connectivity index (χ2v) is 7.20. The number of hydrogen-bond donors (Lipinski definition) is 1. The number of rotatable bonds is 3. The highest BCUT2D eigenvalue weighted by atomic mass is 15.5. The van der Waals surface area contributed by atoms with Crippen molar-refractivity contribution in [3.8, 4) is 11.4 Å². The number of nitrogens with two attached hydrogens (primary N) is 1. The third-order valence-corrected chi connectivity index (χ3v) is 5.82. The van der Waals surface area contributed by atoms with Crippen molar-refractivity contribution in [2.45, 2.75) is 41.2 Å². The molecule has 1 aliphatic carbocycles. The van der Waals surface area contributed by atoms with E-state index in [1.807, 2.05) is 29.8 Å². The van der Waals surface area contributed by atoms with E-state index in [4.69, 9.17) is 5.73 Å². The maximum Gasteiger partial charge on any atom is 0.182 e. The first-order valence-corrected chi connectivity index (χ1v) is 7.38. The van der Waals surface area contributed by atoms with Gasteiger partial charge in [-0.15, -0.1) is 5.10 Å². The number of aromatic nitrogens is 4. The fraction of sp³-hybridized carbons (Fsp3) is 0.562. The summed E-state index contributed by atoms with van der Waals surface area (Å²) in [5.41, 5.74) is 9.45. The second kappa shape index (κ2) is 4.29. The fourth-order valence-corrected chi connectivity index (χ4v) is 3.38. The van der Waals surface area contributed by atoms with Crippen molar-refractivity contribution in [3.05, 3.63) is 23.8 Å². The van der Waals surface area contributed by atoms with E-state index < -0.39 is 0 Å². The zero-order valence-electron chi connectivity index (χ0n) is 13.4. The summed E-state index contributed by atoms with van der Waals surface area (Å²) in [6, 6.07) is 5.87. The van der Waals surface area contributed by atoms with Crippen LogP contribution in [0.2, 0.25) is 0 Å². The van der Waals surface area contributed by atoms with Crippen molar-refractivity contribution < 1.29 is 0 Å². The topological polar surface area (TPSA) is 69.6 Å². The van der Waals surface area contributed by atoms with Crippen LogP contribution in [0.4, 0.5) is 5.69 Å². The van der Waals surface area contributed by atoms with E-state index in [9.17, 15) is 0 Å². The van der Waals surface area contributed by atoms with Gasteiger partial charge in [0.2, 0.25) is 0 Å². The fourth-order valence-electron chi connectivity index (χ4n) is 3.38. The molecule has 3 rings (SSSR count). The molecule has 0 spiro atoms. The standard InChI is InChI=1S/C16H23N5/c1-10-11(7-6-8-12(10)17)14-18-19-20-21(14)9-13-15(2,3)16(13,4)5/h6-8,13H,9,17H2,1-5H3. The first-order chi connectivity index (χ1) is 9.76. The Balaban J connectivity index is 1.94. The zero-order chi connectivity index (χ0) is 15.4. The molecule has 1 aliphatic rings. The minimum Gasteiger partial charge on any atom is -0.398 e. The van der Waals surface area contributed by atoms with Crippen molar-refractivity contribution in [2.75, 3.05) is 5.73 Å². The summed E-state index contributed by atoms with van der Waals surface area (Å²) in [5, 5.41) is 12.3. The summed E-state index contributed by atoms with van der Waals surface area (Å²) >= 11 is 0. The summed E-state index contributed by atoms with van der Waals surface area (Å²) in [7, 11) is 0. The first-order valence-electron chi connectivity index (χ1n) is 7.38. The number of anilines is 1. The van der Waals surface area contributed by atoms with Crippen molar-refractivity contribution in [3.63, 3.8) is 0 Å². The molecular formula is C16H23N5. The Kier molecular flexibility index (Phi) is 2.87. The SMILES string of the molecule is Cc1c(N)cccc1-c1nnnn1CC1C(C)(C)C1(C)C. The summed E-state index contributed by atoms with van der Waals surface area (Å²) in [6.07, 6.45) is 0. The summed E-state index contributed by atoms with van der Waals surface area (Å²) in [6.45, 7) is 12.1. The van der Waals surface area contributed by atoms with Gasteiger partial charge in [-0.3, -0.25) is 0 Å². The Bertz CT molecular complexity index is 670. The van der Waals surface area contributed by atoms with Crippen LogP contribution in [0.25, 0.3) is 11.4 Å². The molecule has 0 atom stereocenters. The minimum absolute atomic E-state index is 0.320. The highest BCUT2D eigenvalue weighted by Crippen LogP contribution is 2.68. The van der Waals surface area contributed by atoms with Crippen LogP contribution in [0.1, 0.15) is 33.3 Å². The highest BCUT2D eigenvalue weighted by Gasteiger charge is 2.64. The van der Waals surface area contributed by atoms with Crippen molar-refractivity contribution in [2.24, 2.45) is 16.7 Å². The molecule has 5 heteroatoms. The molecule has 5 nitrogen and oxygen atoms in total. The predicted octanol–water partition coefficient (Wildman–Crippen LogP) is 2.91. The largest absolute Gasteiger partial charge is 0.398 e. The number of nitrogen functional groups attached to an aromatic ring is 1. The Morgan fingerprint density at radius 3 is 2.48 bits per heavy atom. The maximum atomic E-state index is 6.00. The molecule has 2 N–H and O–H groups in total. The Labute approximate surface area is 125 Å². The van der Waals surface area contributed by atoms with Gasteiger partial charge in [0.05, 0.1) is 0 Å². The molecule has 0 unspecified atom stereocenters. The van der Waals surface area contributed by atoms with Crippen LogP contribution in [0.3, 0.4) is 0 Å². The summed E-state index contributed by atoms with van der Waals surface area (Å²) in [5.74, 6) is 1.38. The molecule has 0 saturated heterocycles. The highest BCUT2D eigenvalue weighted by molar-refractivity contribution is 5.67. The first kappa shape index (κ1) is 14.0. The van der Waals surface area contributed by atoms with Crippen molar-refractivity contribution >= 4 is 5.69 Å². The molecule has 0 amide bonds. The molecule has 1 aromatic heterocycles. The average molecular weight is 285 g/mol. The van der Waals surface area contributed by atoms with E-state index >= 15 is 0 Å². The molecule has 21 heavy (non-hydrogen) atoms. The number of hydrogen-bond acceptors (Lipinski definition) is 4. The summed E-state index contributed by atoms with van der Waals surface area (Å²) < 4.78 is 1.92. The Morgan fingerprint density at radius 2 is 1.86 bits per heavy atom. The van der Waals surface area contributed by atoms with E-state index in [1.54, 1.807) is 0 Å². The van der Waals surface area contributed by atoms with E-state index in [1.165, 1.54) is 0 Å². The lowest BCUT2D eigenvalue weighted by Crippen LogP contribution is -2.09. The molecule has 0 radical (unpaired) electrons. The Hall–Kier alpha value is -1.91. The van der Waals surface area contributed by atoms with Gasteiger partial charge in [0.1, 0.15) is 0 Å². The van der Waals surface area contributed by atoms with Crippen LogP contribution < -0.4 is 5.73 Å². The second-order valence-electron chi connectivity index (χ2n) is 7.20. The lowest BCUT2D eigenvalue weighted by atomic mass is 10.0. The third kappa shape index (κ3) is 1.94. The van der Waals surface area contributed by atoms with Gasteiger partial charge in [-0.05, 0) is 45.7 Å². The van der Waals surface area contributed by atoms with Gasteiger partial charge in [0, 0.05) is 17.8 Å². The zero-order valence-corrected chi connectivity index (χ0v) is 13.4. The van der Waals surface area contributed by atoms with Gasteiger partial charge in [-0.2, -0.15) is 0 Å². The van der Waals surface area contributed by atoms with Gasteiger partial charge in [-0.25, -0.2) is 4.68 Å². The van der Waals surface area contributed by atoms with Crippen LogP contribution in [-0.4, -0.2) is 20.2 Å². The molecule has 1 aromatic carbocycles. The molecule has 2 aromatic rings. The van der Waals surface area contributed by atoms with Gasteiger partial charge in [0.15, 0.2) is 5.82 Å². The quantitative estimate of drug-likeness (QED) is 0.880. The number of tetrazole rings is 1. The van der Waals surface area contributed by atoms with E-state index in [-0.39, 0.29) is 0 Å². The maximum absolute atomic E-state index is 6.00. The number of benzene rings is 1. The predicted molar refractivity (Wildman–Crippen MR) is 83.5 cm³/mol. The number of nitrogens with zero attached hydrogens (tertiary/aromatic N) is 4. The lowest BCUT2D eigenvalue weighted by molar-refractivity contribution is 0.457. The van der Waals surface area contributed by atoms with Crippen LogP contribution in [0.15, 0.2) is 18.2 Å². The molecule has 1 saturated carbocycles. The van der Waals surface area contributed by atoms with Crippen LogP contribution in [-0.2, 0) is 6.54 Å². The Morgan fingerprint density at radius 1 is 1.19 bits per heavy atom. The molecule has 0 aliphatic heterocycles. The van der Waals surface area contributed by atoms with Gasteiger partial charge in [-0.1, -0.05) is 39.8 Å². The minimum atomic E-state index is 0.320. The van der Waals surface area contributed by atoms with E-state index in [0.29, 0.717) is 16.7 Å². The van der Waals surface area contributed by atoms with E-state index in [2.05, 4.69) is 43.2 Å². The smallest absolute Gasteiger partial charge is 0.182 e. The molecule has 1 fully saturated rings. The van der Waals surface area contributed by atoms with Crippen LogP contribution >= 0.6 is 0 Å². The lowest BCUT2D eigenvalue weighted by Gasteiger charge is -2.09. The molecule has 1 heterocycles. The van der Waals surface area contributed by atoms with Gasteiger partial charge >= 0.3 is 0 Å². The van der Waals surface area contributed by atoms with Crippen molar-refractivity contribution in [1.82, 2.24) is 20.2 Å². The van der Waals surface area contributed by atoms with Crippen LogP contribution in [0, 0.1) is 23.7 Å². The molecular weight excluding hydrogens is 262 g/mol. The molecule has 0 bridgehead atoms. The van der Waals surface area contributed by atoms with Gasteiger partial charge in [0.25, 0.3) is 0 Å². The average Bonchev–Trinajstić information content (AvgIpc) is 2.77. The van der Waals surface area contributed by atoms with E-state index in [0.717, 1.165) is 29.2 Å². The monoisotopic (exact) mass is 285 g/mol.